The van der Waals surface area contributed by atoms with Crippen LogP contribution in [0.1, 0.15) is 0 Å². The van der Waals surface area contributed by atoms with Crippen LogP contribution in [0.25, 0.3) is 0 Å². The Kier molecular flexibility index (Phi) is 6.82. The standard InChI is InChI=1S/C12H14N2O4S2/c1-17-9-5-3-8(4-6-9)13-11(16)14-10(15)7-20-12(19)18-2/h3-6H,7H2,1-2H3,(H2,13,14,15,16). The number of carbonyl (C=O) groups excluding carboxylic acids is 2. The monoisotopic (exact) mass is 314 g/mol. The minimum Gasteiger partial charge on any atom is -0.497 e. The number of thioether (sulfide) groups is 1. The minimum atomic E-state index is -0.607. The number of hydrogen-bond acceptors (Lipinski definition) is 6. The van der Waals surface area contributed by atoms with Crippen molar-refractivity contribution in [2.75, 3.05) is 25.3 Å². The molecule has 20 heavy (non-hydrogen) atoms. The number of nitrogens with one attached hydrogen (secondary N) is 2. The highest BCUT2D eigenvalue weighted by molar-refractivity contribution is 8.23. The summed E-state index contributed by atoms with van der Waals surface area (Å²) in [4.78, 5) is 23.0. The highest BCUT2D eigenvalue weighted by atomic mass is 32.2. The van der Waals surface area contributed by atoms with E-state index in [-0.39, 0.29) is 10.1 Å². The molecule has 8 heteroatoms. The number of urea groups is 1. The van der Waals surface area contributed by atoms with E-state index in [0.29, 0.717) is 11.4 Å². The van der Waals surface area contributed by atoms with Gasteiger partial charge in [-0.3, -0.25) is 10.1 Å². The Morgan fingerprint density at radius 1 is 1.25 bits per heavy atom. The number of carbonyl (C=O) groups is 2. The molecular weight excluding hydrogens is 300 g/mol. The van der Waals surface area contributed by atoms with Crippen molar-refractivity contribution in [1.29, 1.82) is 0 Å². The molecule has 0 aromatic heterocycles. The molecule has 3 amide bonds. The van der Waals surface area contributed by atoms with E-state index in [1.165, 1.54) is 7.11 Å². The van der Waals surface area contributed by atoms with Gasteiger partial charge in [0.15, 0.2) is 0 Å². The molecular formula is C12H14N2O4S2. The van der Waals surface area contributed by atoms with Gasteiger partial charge < -0.3 is 14.8 Å². The van der Waals surface area contributed by atoms with Crippen LogP contribution in [0.4, 0.5) is 10.5 Å². The fourth-order valence-electron chi connectivity index (χ4n) is 1.18. The zero-order chi connectivity index (χ0) is 15.0. The highest BCUT2D eigenvalue weighted by Gasteiger charge is 2.09. The summed E-state index contributed by atoms with van der Waals surface area (Å²) in [5.41, 5.74) is 0.552. The van der Waals surface area contributed by atoms with Gasteiger partial charge in [0.25, 0.3) is 0 Å². The number of benzene rings is 1. The average Bonchev–Trinajstić information content (AvgIpc) is 2.45. The molecule has 0 saturated carbocycles. The highest BCUT2D eigenvalue weighted by Crippen LogP contribution is 2.14. The van der Waals surface area contributed by atoms with Crippen LogP contribution in [-0.2, 0) is 9.53 Å². The van der Waals surface area contributed by atoms with Gasteiger partial charge in [-0.15, -0.1) is 0 Å². The van der Waals surface area contributed by atoms with Crippen LogP contribution in [0.2, 0.25) is 0 Å². The maximum Gasteiger partial charge on any atom is 0.325 e. The van der Waals surface area contributed by atoms with Gasteiger partial charge in [-0.05, 0) is 36.5 Å². The normalized spacial score (nSPS) is 9.50. The van der Waals surface area contributed by atoms with E-state index in [0.717, 1.165) is 11.8 Å². The fourth-order valence-corrected chi connectivity index (χ4v) is 1.80. The van der Waals surface area contributed by atoms with Crippen molar-refractivity contribution in [2.45, 2.75) is 0 Å². The maximum atomic E-state index is 11.5. The molecule has 0 fully saturated rings. The molecule has 108 valence electrons. The Labute approximate surface area is 126 Å². The lowest BCUT2D eigenvalue weighted by Gasteiger charge is -2.07. The average molecular weight is 314 g/mol. The summed E-state index contributed by atoms with van der Waals surface area (Å²) in [7, 11) is 2.97. The van der Waals surface area contributed by atoms with Gasteiger partial charge in [0.05, 0.1) is 20.0 Å². The fraction of sp³-hybridized carbons (Fsp3) is 0.250. The zero-order valence-electron chi connectivity index (χ0n) is 11.0. The Bertz CT molecular complexity index is 491. The first-order valence-corrected chi connectivity index (χ1v) is 6.90. The number of thiocarbonyl (C=S) groups is 1. The number of imide groups is 1. The van der Waals surface area contributed by atoms with Gasteiger partial charge >= 0.3 is 6.03 Å². The molecule has 0 aliphatic rings. The summed E-state index contributed by atoms with van der Waals surface area (Å²) in [6.07, 6.45) is 0. The second-order valence-electron chi connectivity index (χ2n) is 3.47. The smallest absolute Gasteiger partial charge is 0.325 e. The number of ether oxygens (including phenoxy) is 2. The van der Waals surface area contributed by atoms with Gasteiger partial charge in [-0.2, -0.15) is 0 Å². The lowest BCUT2D eigenvalue weighted by Crippen LogP contribution is -2.35. The summed E-state index contributed by atoms with van der Waals surface area (Å²) < 4.78 is 9.97. The van der Waals surface area contributed by atoms with Gasteiger partial charge in [-0.25, -0.2) is 4.79 Å². The van der Waals surface area contributed by atoms with Crippen LogP contribution in [0, 0.1) is 0 Å². The first-order chi connectivity index (χ1) is 9.55. The lowest BCUT2D eigenvalue weighted by molar-refractivity contribution is -0.117. The van der Waals surface area contributed by atoms with E-state index in [4.69, 9.17) is 21.7 Å². The number of rotatable bonds is 4. The molecule has 0 radical (unpaired) electrons. The number of amides is 3. The first kappa shape index (κ1) is 16.3. The molecule has 1 aromatic carbocycles. The van der Waals surface area contributed by atoms with E-state index in [1.807, 2.05) is 0 Å². The van der Waals surface area contributed by atoms with Gasteiger partial charge in [-0.1, -0.05) is 11.8 Å². The summed E-state index contributed by atoms with van der Waals surface area (Å²) in [6, 6.07) is 6.12. The molecule has 2 N–H and O–H groups in total. The predicted octanol–water partition coefficient (Wildman–Crippen LogP) is 2.01. The summed E-state index contributed by atoms with van der Waals surface area (Å²) in [5, 5.41) is 4.71. The second-order valence-corrected chi connectivity index (χ2v) is 5.05. The van der Waals surface area contributed by atoms with Crippen molar-refractivity contribution in [3.05, 3.63) is 24.3 Å². The number of anilines is 1. The van der Waals surface area contributed by atoms with Crippen molar-refractivity contribution in [1.82, 2.24) is 5.32 Å². The first-order valence-electron chi connectivity index (χ1n) is 5.50. The molecule has 6 nitrogen and oxygen atoms in total. The van der Waals surface area contributed by atoms with E-state index < -0.39 is 11.9 Å². The molecule has 0 atom stereocenters. The third-order valence-corrected chi connectivity index (χ3v) is 3.42. The molecule has 0 heterocycles. The summed E-state index contributed by atoms with van der Waals surface area (Å²) >= 11 is 5.80. The summed E-state index contributed by atoms with van der Waals surface area (Å²) in [6.45, 7) is 0. The largest absolute Gasteiger partial charge is 0.497 e. The van der Waals surface area contributed by atoms with Crippen LogP contribution < -0.4 is 15.4 Å². The van der Waals surface area contributed by atoms with E-state index in [9.17, 15) is 9.59 Å². The van der Waals surface area contributed by atoms with Gasteiger partial charge in [0.2, 0.25) is 10.3 Å². The van der Waals surface area contributed by atoms with E-state index in [2.05, 4.69) is 10.6 Å². The second kappa shape index (κ2) is 8.39. The van der Waals surface area contributed by atoms with Crippen molar-refractivity contribution in [2.24, 2.45) is 0 Å². The van der Waals surface area contributed by atoms with Gasteiger partial charge in [0, 0.05) is 5.69 Å². The molecule has 1 aromatic rings. The lowest BCUT2D eigenvalue weighted by atomic mass is 10.3. The van der Waals surface area contributed by atoms with E-state index in [1.54, 1.807) is 31.4 Å². The molecule has 0 unspecified atom stereocenters. The Morgan fingerprint density at radius 3 is 2.45 bits per heavy atom. The van der Waals surface area contributed by atoms with Crippen molar-refractivity contribution < 1.29 is 19.1 Å². The third kappa shape index (κ3) is 5.89. The predicted molar refractivity (Wildman–Crippen MR) is 82.2 cm³/mol. The molecule has 0 saturated heterocycles. The molecule has 0 bridgehead atoms. The van der Waals surface area contributed by atoms with Crippen molar-refractivity contribution in [3.8, 4) is 5.75 Å². The summed E-state index contributed by atoms with van der Waals surface area (Å²) in [5.74, 6) is 0.236. The third-order valence-electron chi connectivity index (χ3n) is 2.09. The Hall–Kier alpha value is -1.80. The Balaban J connectivity index is 2.38. The minimum absolute atomic E-state index is 0.0166. The molecule has 0 spiro atoms. The molecule has 0 aliphatic heterocycles. The van der Waals surface area contributed by atoms with Gasteiger partial charge in [0.1, 0.15) is 5.75 Å². The van der Waals surface area contributed by atoms with Crippen LogP contribution in [0.15, 0.2) is 24.3 Å². The quantitative estimate of drug-likeness (QED) is 0.828. The van der Waals surface area contributed by atoms with Crippen LogP contribution in [-0.4, -0.2) is 36.3 Å². The molecule has 0 aliphatic carbocycles. The van der Waals surface area contributed by atoms with Crippen molar-refractivity contribution in [3.63, 3.8) is 0 Å². The topological polar surface area (TPSA) is 76.7 Å². The van der Waals surface area contributed by atoms with E-state index >= 15 is 0 Å². The SMILES string of the molecule is COC(=S)SCC(=O)NC(=O)Nc1ccc(OC)cc1. The van der Waals surface area contributed by atoms with Crippen LogP contribution in [0.5, 0.6) is 5.75 Å². The zero-order valence-corrected chi connectivity index (χ0v) is 12.6. The van der Waals surface area contributed by atoms with Crippen LogP contribution >= 0.6 is 24.0 Å². The van der Waals surface area contributed by atoms with Crippen LogP contribution in [0.3, 0.4) is 0 Å². The molecule has 1 rings (SSSR count). The number of hydrogen-bond donors (Lipinski definition) is 2. The Morgan fingerprint density at radius 2 is 1.90 bits per heavy atom. The van der Waals surface area contributed by atoms with Crippen molar-refractivity contribution >= 4 is 46.0 Å². The number of methoxy groups -OCH3 is 2. The maximum absolute atomic E-state index is 11.5.